The molecule has 1 heterocycles. The molecular weight excluding hydrogens is 416 g/mol. The second kappa shape index (κ2) is 8.65. The highest BCUT2D eigenvalue weighted by molar-refractivity contribution is 7.80. The van der Waals surface area contributed by atoms with Gasteiger partial charge >= 0.3 is 0 Å². The molecule has 1 saturated carbocycles. The highest BCUT2D eigenvalue weighted by atomic mass is 32.1. The van der Waals surface area contributed by atoms with Crippen molar-refractivity contribution in [2.24, 2.45) is 5.73 Å². The molecule has 4 N–H and O–H groups in total. The van der Waals surface area contributed by atoms with Crippen molar-refractivity contribution in [3.05, 3.63) is 48.2 Å². The zero-order valence-electron chi connectivity index (χ0n) is 17.1. The Morgan fingerprint density at radius 1 is 1.10 bits per heavy atom. The van der Waals surface area contributed by atoms with Gasteiger partial charge in [0.05, 0.1) is 31.0 Å². The summed E-state index contributed by atoms with van der Waals surface area (Å²) >= 11 is 5.34. The third kappa shape index (κ3) is 4.61. The Bertz CT molecular complexity index is 1160. The molecule has 0 saturated heterocycles. The summed E-state index contributed by atoms with van der Waals surface area (Å²) in [5.41, 5.74) is 7.09. The molecule has 1 aliphatic carbocycles. The van der Waals surface area contributed by atoms with E-state index in [9.17, 15) is 4.79 Å². The number of hydrogen-bond acceptors (Lipinski definition) is 6. The SMILES string of the molecule is COc1cc(Oc2ccnc3cc(OC)c(C(N)=O)cc23)ccc1NC(=S)NC1CC1. The Morgan fingerprint density at radius 2 is 1.87 bits per heavy atom. The minimum absolute atomic E-state index is 0.252. The Balaban J connectivity index is 1.63. The van der Waals surface area contributed by atoms with Crippen molar-refractivity contribution in [3.8, 4) is 23.0 Å². The quantitative estimate of drug-likeness (QED) is 0.481. The first-order valence-electron chi connectivity index (χ1n) is 9.68. The minimum Gasteiger partial charge on any atom is -0.496 e. The minimum atomic E-state index is -0.596. The standard InChI is InChI=1S/C22H22N4O4S/c1-28-19-11-17-14(10-15(19)21(23)27)18(7-8-24-17)30-13-5-6-16(20(9-13)29-2)26-22(31)25-12-3-4-12/h5-12H,3-4H2,1-2H3,(H2,23,27)(H2,25,26,31). The Labute approximate surface area is 184 Å². The Morgan fingerprint density at radius 3 is 2.55 bits per heavy atom. The smallest absolute Gasteiger partial charge is 0.252 e. The van der Waals surface area contributed by atoms with Crippen LogP contribution in [0.1, 0.15) is 23.2 Å². The third-order valence-corrected chi connectivity index (χ3v) is 5.07. The molecule has 9 heteroatoms. The molecule has 0 spiro atoms. The van der Waals surface area contributed by atoms with Gasteiger partial charge in [-0.25, -0.2) is 0 Å². The number of nitrogens with zero attached hydrogens (tertiary/aromatic N) is 1. The van der Waals surface area contributed by atoms with E-state index in [0.717, 1.165) is 18.5 Å². The number of benzene rings is 2. The molecule has 0 aliphatic heterocycles. The maximum atomic E-state index is 11.8. The molecule has 1 aromatic heterocycles. The highest BCUT2D eigenvalue weighted by Gasteiger charge is 2.22. The summed E-state index contributed by atoms with van der Waals surface area (Å²) in [6.07, 6.45) is 3.89. The van der Waals surface area contributed by atoms with Crippen molar-refractivity contribution < 1.29 is 19.0 Å². The zero-order valence-corrected chi connectivity index (χ0v) is 17.9. The average Bonchev–Trinajstić information content (AvgIpc) is 3.57. The first kappa shape index (κ1) is 20.7. The predicted molar refractivity (Wildman–Crippen MR) is 122 cm³/mol. The van der Waals surface area contributed by atoms with Crippen LogP contribution < -0.4 is 30.6 Å². The number of nitrogens with one attached hydrogen (secondary N) is 2. The van der Waals surface area contributed by atoms with Crippen LogP contribution in [0.2, 0.25) is 0 Å². The molecular formula is C22H22N4O4S. The number of fused-ring (bicyclic) bond motifs is 1. The van der Waals surface area contributed by atoms with Gasteiger partial charge in [-0.1, -0.05) is 0 Å². The summed E-state index contributed by atoms with van der Waals surface area (Å²) in [6, 6.07) is 10.8. The number of methoxy groups -OCH3 is 2. The molecule has 2 aromatic carbocycles. The second-order valence-corrected chi connectivity index (χ2v) is 7.49. The largest absolute Gasteiger partial charge is 0.496 e. The van der Waals surface area contributed by atoms with Crippen LogP contribution in [0.5, 0.6) is 23.0 Å². The van der Waals surface area contributed by atoms with Crippen molar-refractivity contribution in [3.63, 3.8) is 0 Å². The predicted octanol–water partition coefficient (Wildman–Crippen LogP) is 3.59. The van der Waals surface area contributed by atoms with Crippen LogP contribution in [0.4, 0.5) is 5.69 Å². The number of nitrogens with two attached hydrogens (primary N) is 1. The lowest BCUT2D eigenvalue weighted by atomic mass is 10.1. The molecule has 1 fully saturated rings. The number of thiocarbonyl (C=S) groups is 1. The fourth-order valence-corrected chi connectivity index (χ4v) is 3.41. The number of carbonyl (C=O) groups is 1. The number of anilines is 1. The van der Waals surface area contributed by atoms with Crippen molar-refractivity contribution in [1.82, 2.24) is 10.3 Å². The van der Waals surface area contributed by atoms with E-state index < -0.39 is 5.91 Å². The molecule has 4 rings (SSSR count). The van der Waals surface area contributed by atoms with Gasteiger partial charge in [0.1, 0.15) is 23.0 Å². The van der Waals surface area contributed by atoms with E-state index in [0.29, 0.717) is 45.1 Å². The van der Waals surface area contributed by atoms with Crippen LogP contribution in [0, 0.1) is 0 Å². The van der Waals surface area contributed by atoms with Crippen LogP contribution in [0.15, 0.2) is 42.6 Å². The van der Waals surface area contributed by atoms with E-state index in [1.165, 1.54) is 7.11 Å². The van der Waals surface area contributed by atoms with Crippen molar-refractivity contribution in [2.75, 3.05) is 19.5 Å². The van der Waals surface area contributed by atoms with E-state index in [1.807, 2.05) is 6.07 Å². The number of pyridine rings is 1. The summed E-state index contributed by atoms with van der Waals surface area (Å²) in [5, 5.41) is 7.57. The maximum absolute atomic E-state index is 11.8. The Hall–Kier alpha value is -3.59. The summed E-state index contributed by atoms with van der Waals surface area (Å²) in [5.74, 6) is 1.41. The molecule has 1 amide bonds. The zero-order chi connectivity index (χ0) is 22.0. The summed E-state index contributed by atoms with van der Waals surface area (Å²) in [7, 11) is 3.05. The van der Waals surface area contributed by atoms with Crippen LogP contribution in [0.25, 0.3) is 10.9 Å². The number of carbonyl (C=O) groups excluding carboxylic acids is 1. The van der Waals surface area contributed by atoms with Crippen molar-refractivity contribution >= 4 is 39.8 Å². The van der Waals surface area contributed by atoms with Gasteiger partial charge in [-0.05, 0) is 49.3 Å². The van der Waals surface area contributed by atoms with E-state index in [1.54, 1.807) is 43.6 Å². The Kier molecular flexibility index (Phi) is 5.77. The lowest BCUT2D eigenvalue weighted by molar-refractivity contribution is 0.0997. The van der Waals surface area contributed by atoms with Gasteiger partial charge in [0.25, 0.3) is 5.91 Å². The molecule has 0 atom stereocenters. The monoisotopic (exact) mass is 438 g/mol. The lowest BCUT2D eigenvalue weighted by Gasteiger charge is -2.15. The fourth-order valence-electron chi connectivity index (χ4n) is 3.14. The van der Waals surface area contributed by atoms with E-state index in [4.69, 9.17) is 32.2 Å². The number of rotatable bonds is 7. The van der Waals surface area contributed by atoms with Gasteiger partial charge in [-0.2, -0.15) is 0 Å². The average molecular weight is 439 g/mol. The first-order chi connectivity index (χ1) is 15.0. The highest BCUT2D eigenvalue weighted by Crippen LogP contribution is 2.36. The van der Waals surface area contributed by atoms with Crippen molar-refractivity contribution in [1.29, 1.82) is 0 Å². The third-order valence-electron chi connectivity index (χ3n) is 4.85. The van der Waals surface area contributed by atoms with Crippen LogP contribution in [-0.4, -0.2) is 36.3 Å². The van der Waals surface area contributed by atoms with Gasteiger partial charge in [-0.3, -0.25) is 9.78 Å². The summed E-state index contributed by atoms with van der Waals surface area (Å²) < 4.78 is 16.8. The molecule has 8 nitrogen and oxygen atoms in total. The fraction of sp³-hybridized carbons (Fsp3) is 0.227. The molecule has 1 aliphatic rings. The first-order valence-corrected chi connectivity index (χ1v) is 10.1. The van der Waals surface area contributed by atoms with Crippen LogP contribution >= 0.6 is 12.2 Å². The van der Waals surface area contributed by atoms with Gasteiger partial charge in [0, 0.05) is 29.8 Å². The van der Waals surface area contributed by atoms with Gasteiger partial charge in [0.2, 0.25) is 0 Å². The summed E-state index contributed by atoms with van der Waals surface area (Å²) in [4.78, 5) is 16.1. The maximum Gasteiger partial charge on any atom is 0.252 e. The molecule has 0 bridgehead atoms. The number of aromatic nitrogens is 1. The molecule has 0 radical (unpaired) electrons. The van der Waals surface area contributed by atoms with Gasteiger partial charge < -0.3 is 30.6 Å². The molecule has 3 aromatic rings. The van der Waals surface area contributed by atoms with E-state index in [2.05, 4.69) is 15.6 Å². The number of primary amides is 1. The van der Waals surface area contributed by atoms with Crippen LogP contribution in [0.3, 0.4) is 0 Å². The second-order valence-electron chi connectivity index (χ2n) is 7.08. The van der Waals surface area contributed by atoms with E-state index in [-0.39, 0.29) is 5.56 Å². The number of amides is 1. The van der Waals surface area contributed by atoms with Crippen LogP contribution in [-0.2, 0) is 0 Å². The number of hydrogen-bond donors (Lipinski definition) is 3. The number of ether oxygens (including phenoxy) is 3. The normalized spacial score (nSPS) is 12.8. The van der Waals surface area contributed by atoms with Crippen molar-refractivity contribution in [2.45, 2.75) is 18.9 Å². The van der Waals surface area contributed by atoms with Gasteiger partial charge in [-0.15, -0.1) is 0 Å². The summed E-state index contributed by atoms with van der Waals surface area (Å²) in [6.45, 7) is 0. The lowest BCUT2D eigenvalue weighted by Crippen LogP contribution is -2.30. The molecule has 31 heavy (non-hydrogen) atoms. The molecule has 160 valence electrons. The van der Waals surface area contributed by atoms with E-state index >= 15 is 0 Å². The topological polar surface area (TPSA) is 108 Å². The van der Waals surface area contributed by atoms with Gasteiger partial charge in [0.15, 0.2) is 5.11 Å². The molecule has 0 unspecified atom stereocenters.